The minimum atomic E-state index is -0.560. The summed E-state index contributed by atoms with van der Waals surface area (Å²) in [6.07, 6.45) is 3.59. The molecule has 1 N–H and O–H groups in total. The second-order valence-corrected chi connectivity index (χ2v) is 3.55. The average Bonchev–Trinajstić information content (AvgIpc) is 2.97. The summed E-state index contributed by atoms with van der Waals surface area (Å²) in [7, 11) is 0. The molecule has 0 aromatic rings. The number of hydrogen-bond acceptors (Lipinski definition) is 3. The van der Waals surface area contributed by atoms with Crippen molar-refractivity contribution >= 4 is 0 Å². The largest absolute Gasteiger partial charge is 0.396 e. The van der Waals surface area contributed by atoms with Crippen LogP contribution < -0.4 is 0 Å². The van der Waals surface area contributed by atoms with Crippen LogP contribution in [0.5, 0.6) is 0 Å². The molecule has 0 aromatic heterocycles. The summed E-state index contributed by atoms with van der Waals surface area (Å²) in [6.45, 7) is 2.62. The second-order valence-electron chi connectivity index (χ2n) is 3.55. The summed E-state index contributed by atoms with van der Waals surface area (Å²) in [6, 6.07) is 2.28. The summed E-state index contributed by atoms with van der Waals surface area (Å²) in [4.78, 5) is 0. The highest BCUT2D eigenvalue weighted by molar-refractivity contribution is 5.10. The van der Waals surface area contributed by atoms with Crippen LogP contribution in [-0.2, 0) is 4.74 Å². The van der Waals surface area contributed by atoms with Gasteiger partial charge in [0.05, 0.1) is 12.7 Å². The zero-order valence-electron chi connectivity index (χ0n) is 8.12. The Hall–Kier alpha value is -0.590. The van der Waals surface area contributed by atoms with Crippen molar-refractivity contribution in [2.24, 2.45) is 5.92 Å². The maximum atomic E-state index is 9.05. The van der Waals surface area contributed by atoms with E-state index in [2.05, 4.69) is 6.07 Å². The molecule has 1 aliphatic rings. The highest BCUT2D eigenvalue weighted by Gasteiger charge is 2.45. The van der Waals surface area contributed by atoms with E-state index in [1.165, 1.54) is 0 Å². The van der Waals surface area contributed by atoms with E-state index in [1.54, 1.807) is 0 Å². The molecule has 0 aromatic carbocycles. The Morgan fingerprint density at radius 3 is 2.69 bits per heavy atom. The van der Waals surface area contributed by atoms with Gasteiger partial charge in [-0.05, 0) is 25.7 Å². The normalized spacial score (nSPS) is 20.7. The van der Waals surface area contributed by atoms with Gasteiger partial charge in [-0.25, -0.2) is 0 Å². The molecule has 3 heteroatoms. The van der Waals surface area contributed by atoms with Crippen molar-refractivity contribution in [3.8, 4) is 6.07 Å². The third-order valence-electron chi connectivity index (χ3n) is 2.61. The van der Waals surface area contributed by atoms with E-state index in [4.69, 9.17) is 15.1 Å². The fourth-order valence-corrected chi connectivity index (χ4v) is 1.58. The van der Waals surface area contributed by atoms with E-state index in [1.807, 2.05) is 6.92 Å². The van der Waals surface area contributed by atoms with E-state index in [9.17, 15) is 0 Å². The van der Waals surface area contributed by atoms with E-state index in [0.717, 1.165) is 19.3 Å². The van der Waals surface area contributed by atoms with Gasteiger partial charge in [0.25, 0.3) is 0 Å². The quantitative estimate of drug-likeness (QED) is 0.634. The van der Waals surface area contributed by atoms with Gasteiger partial charge in [0.1, 0.15) is 0 Å². The number of hydrogen-bond donors (Lipinski definition) is 1. The predicted molar refractivity (Wildman–Crippen MR) is 49.0 cm³/mol. The Morgan fingerprint density at radius 2 is 2.31 bits per heavy atom. The molecule has 0 radical (unpaired) electrons. The summed E-state index contributed by atoms with van der Waals surface area (Å²) >= 11 is 0. The van der Waals surface area contributed by atoms with Gasteiger partial charge in [0, 0.05) is 12.5 Å². The lowest BCUT2D eigenvalue weighted by Gasteiger charge is -2.25. The topological polar surface area (TPSA) is 53.2 Å². The minimum absolute atomic E-state index is 0.135. The zero-order chi connectivity index (χ0) is 9.73. The molecule has 74 valence electrons. The maximum Gasteiger partial charge on any atom is 0.156 e. The summed E-state index contributed by atoms with van der Waals surface area (Å²) < 4.78 is 5.57. The first-order valence-corrected chi connectivity index (χ1v) is 4.95. The molecule has 1 aliphatic carbocycles. The molecule has 0 amide bonds. The van der Waals surface area contributed by atoms with Crippen LogP contribution in [0.15, 0.2) is 0 Å². The number of rotatable bonds is 6. The molecule has 1 fully saturated rings. The highest BCUT2D eigenvalue weighted by Crippen LogP contribution is 2.43. The highest BCUT2D eigenvalue weighted by atomic mass is 16.5. The van der Waals surface area contributed by atoms with Gasteiger partial charge in [-0.2, -0.15) is 5.26 Å². The van der Waals surface area contributed by atoms with E-state index < -0.39 is 5.60 Å². The molecule has 0 spiro atoms. The maximum absolute atomic E-state index is 9.05. The standard InChI is InChI=1S/C10H17NO2/c1-2-10(8-11,9-4-5-9)13-7-3-6-12/h9,12H,2-7H2,1H3. The molecular formula is C10H17NO2. The number of aliphatic hydroxyl groups is 1. The van der Waals surface area contributed by atoms with Gasteiger partial charge in [-0.3, -0.25) is 0 Å². The lowest BCUT2D eigenvalue weighted by atomic mass is 9.96. The Morgan fingerprint density at radius 1 is 1.62 bits per heavy atom. The molecule has 1 saturated carbocycles. The van der Waals surface area contributed by atoms with Gasteiger partial charge in [0.2, 0.25) is 0 Å². The number of nitriles is 1. The first-order chi connectivity index (χ1) is 6.29. The van der Waals surface area contributed by atoms with Gasteiger partial charge >= 0.3 is 0 Å². The average molecular weight is 183 g/mol. The van der Waals surface area contributed by atoms with Crippen molar-refractivity contribution in [1.29, 1.82) is 5.26 Å². The van der Waals surface area contributed by atoms with Crippen molar-refractivity contribution in [3.05, 3.63) is 0 Å². The first kappa shape index (κ1) is 10.5. The van der Waals surface area contributed by atoms with Crippen molar-refractivity contribution < 1.29 is 9.84 Å². The minimum Gasteiger partial charge on any atom is -0.396 e. The van der Waals surface area contributed by atoms with Gasteiger partial charge in [-0.1, -0.05) is 6.92 Å². The van der Waals surface area contributed by atoms with Crippen molar-refractivity contribution in [2.45, 2.75) is 38.2 Å². The molecule has 1 atom stereocenters. The Labute approximate surface area is 79.3 Å². The zero-order valence-corrected chi connectivity index (χ0v) is 8.12. The Kier molecular flexibility index (Phi) is 3.71. The third-order valence-corrected chi connectivity index (χ3v) is 2.61. The van der Waals surface area contributed by atoms with Crippen LogP contribution in [-0.4, -0.2) is 23.9 Å². The van der Waals surface area contributed by atoms with Crippen molar-refractivity contribution in [1.82, 2.24) is 0 Å². The molecule has 0 heterocycles. The Balaban J connectivity index is 2.41. The lowest BCUT2D eigenvalue weighted by Crippen LogP contribution is -2.33. The smallest absolute Gasteiger partial charge is 0.156 e. The fourth-order valence-electron chi connectivity index (χ4n) is 1.58. The summed E-state index contributed by atoms with van der Waals surface area (Å²) in [5.41, 5.74) is -0.560. The van der Waals surface area contributed by atoms with Gasteiger partial charge < -0.3 is 9.84 Å². The first-order valence-electron chi connectivity index (χ1n) is 4.95. The molecule has 0 bridgehead atoms. The number of aliphatic hydroxyl groups excluding tert-OH is 1. The van der Waals surface area contributed by atoms with Crippen LogP contribution in [0.1, 0.15) is 32.6 Å². The van der Waals surface area contributed by atoms with Crippen molar-refractivity contribution in [3.63, 3.8) is 0 Å². The van der Waals surface area contributed by atoms with E-state index >= 15 is 0 Å². The third kappa shape index (κ3) is 2.43. The van der Waals surface area contributed by atoms with Crippen LogP contribution in [0.3, 0.4) is 0 Å². The van der Waals surface area contributed by atoms with Crippen LogP contribution in [0, 0.1) is 17.2 Å². The van der Waals surface area contributed by atoms with Gasteiger partial charge in [0.15, 0.2) is 5.60 Å². The molecule has 0 aliphatic heterocycles. The van der Waals surface area contributed by atoms with Crippen LogP contribution in [0.4, 0.5) is 0 Å². The fraction of sp³-hybridized carbons (Fsp3) is 0.900. The monoisotopic (exact) mass is 183 g/mol. The van der Waals surface area contributed by atoms with Crippen LogP contribution in [0.2, 0.25) is 0 Å². The Bertz CT molecular complexity index is 196. The van der Waals surface area contributed by atoms with E-state index in [0.29, 0.717) is 18.9 Å². The SMILES string of the molecule is CCC(C#N)(OCCCO)C1CC1. The second kappa shape index (κ2) is 4.59. The molecule has 1 rings (SSSR count). The predicted octanol–water partition coefficient (Wildman–Crippen LogP) is 1.47. The van der Waals surface area contributed by atoms with Gasteiger partial charge in [-0.15, -0.1) is 0 Å². The number of nitrogens with zero attached hydrogens (tertiary/aromatic N) is 1. The van der Waals surface area contributed by atoms with Crippen LogP contribution in [0.25, 0.3) is 0 Å². The van der Waals surface area contributed by atoms with Crippen LogP contribution >= 0.6 is 0 Å². The molecule has 13 heavy (non-hydrogen) atoms. The molecule has 0 saturated heterocycles. The molecule has 3 nitrogen and oxygen atoms in total. The number of ether oxygens (including phenoxy) is 1. The van der Waals surface area contributed by atoms with E-state index in [-0.39, 0.29) is 6.61 Å². The van der Waals surface area contributed by atoms with Crippen molar-refractivity contribution in [2.75, 3.05) is 13.2 Å². The molecular weight excluding hydrogens is 166 g/mol. The summed E-state index contributed by atoms with van der Waals surface area (Å²) in [5.74, 6) is 0.432. The lowest BCUT2D eigenvalue weighted by molar-refractivity contribution is -0.0265. The molecule has 1 unspecified atom stereocenters. The summed E-state index contributed by atoms with van der Waals surface area (Å²) in [5, 5.41) is 17.6.